The van der Waals surface area contributed by atoms with Gasteiger partial charge in [-0.2, -0.15) is 13.2 Å². The fraction of sp³-hybridized carbons (Fsp3) is 0.909. The van der Waals surface area contributed by atoms with E-state index in [9.17, 15) is 18.0 Å². The predicted molar refractivity (Wildman–Crippen MR) is 56.5 cm³/mol. The van der Waals surface area contributed by atoms with Gasteiger partial charge in [-0.15, -0.1) is 0 Å². The maximum Gasteiger partial charge on any atom is 0.390 e. The van der Waals surface area contributed by atoms with Crippen LogP contribution in [0.4, 0.5) is 13.2 Å². The Morgan fingerprint density at radius 1 is 1.35 bits per heavy atom. The van der Waals surface area contributed by atoms with Crippen molar-refractivity contribution in [1.29, 1.82) is 0 Å². The van der Waals surface area contributed by atoms with E-state index >= 15 is 0 Å². The Bertz CT molecular complexity index is 306. The van der Waals surface area contributed by atoms with E-state index < -0.39 is 12.6 Å². The Labute approximate surface area is 98.3 Å². The van der Waals surface area contributed by atoms with Gasteiger partial charge in [0.05, 0.1) is 12.0 Å². The summed E-state index contributed by atoms with van der Waals surface area (Å²) in [4.78, 5) is 13.1. The average Bonchev–Trinajstić information content (AvgIpc) is 2.56. The zero-order valence-electron chi connectivity index (χ0n) is 9.65. The highest BCUT2D eigenvalue weighted by atomic mass is 19.4. The number of nitrogens with one attached hydrogen (secondary N) is 1. The Hall–Kier alpha value is -0.780. The van der Waals surface area contributed by atoms with E-state index in [1.807, 2.05) is 4.90 Å². The van der Waals surface area contributed by atoms with Gasteiger partial charge in [0.1, 0.15) is 0 Å². The first-order valence-electron chi connectivity index (χ1n) is 5.99. The SMILES string of the molecule is O=C1CCC2(CCCN(CCC(F)(F)F)C2)N1. The molecule has 0 aromatic heterocycles. The lowest BCUT2D eigenvalue weighted by atomic mass is 9.87. The van der Waals surface area contributed by atoms with Crippen LogP contribution in [-0.4, -0.2) is 42.2 Å². The van der Waals surface area contributed by atoms with Crippen molar-refractivity contribution in [2.24, 2.45) is 0 Å². The highest BCUT2D eigenvalue weighted by Gasteiger charge is 2.41. The molecule has 2 aliphatic rings. The van der Waals surface area contributed by atoms with Crippen LogP contribution in [-0.2, 0) is 4.79 Å². The molecule has 2 aliphatic heterocycles. The third-order valence-electron chi connectivity index (χ3n) is 3.60. The molecule has 1 spiro atoms. The number of likely N-dealkylation sites (tertiary alicyclic amines) is 1. The van der Waals surface area contributed by atoms with E-state index in [1.54, 1.807) is 0 Å². The Morgan fingerprint density at radius 2 is 2.12 bits per heavy atom. The highest BCUT2D eigenvalue weighted by molar-refractivity contribution is 5.79. The molecule has 1 atom stereocenters. The molecule has 2 fully saturated rings. The molecule has 17 heavy (non-hydrogen) atoms. The lowest BCUT2D eigenvalue weighted by Gasteiger charge is -2.40. The quantitative estimate of drug-likeness (QED) is 0.808. The van der Waals surface area contributed by atoms with Crippen molar-refractivity contribution in [3.05, 3.63) is 0 Å². The van der Waals surface area contributed by atoms with Gasteiger partial charge in [-0.3, -0.25) is 4.79 Å². The number of carbonyl (C=O) groups excluding carboxylic acids is 1. The van der Waals surface area contributed by atoms with Gasteiger partial charge in [-0.1, -0.05) is 0 Å². The number of halogens is 3. The summed E-state index contributed by atoms with van der Waals surface area (Å²) in [5.74, 6) is 0.0303. The van der Waals surface area contributed by atoms with E-state index in [4.69, 9.17) is 0 Å². The van der Waals surface area contributed by atoms with Crippen molar-refractivity contribution in [2.75, 3.05) is 19.6 Å². The highest BCUT2D eigenvalue weighted by Crippen LogP contribution is 2.31. The third-order valence-corrected chi connectivity index (χ3v) is 3.60. The third kappa shape index (κ3) is 3.34. The summed E-state index contributed by atoms with van der Waals surface area (Å²) < 4.78 is 36.4. The van der Waals surface area contributed by atoms with Crippen LogP contribution in [0, 0.1) is 0 Å². The standard InChI is InChI=1S/C11H17F3N2O/c12-11(13,14)5-7-16-6-1-3-10(8-16)4-2-9(17)15-10/h1-8H2,(H,15,17). The van der Waals surface area contributed by atoms with Crippen molar-refractivity contribution < 1.29 is 18.0 Å². The first-order valence-corrected chi connectivity index (χ1v) is 5.99. The van der Waals surface area contributed by atoms with Crippen molar-refractivity contribution >= 4 is 5.91 Å². The topological polar surface area (TPSA) is 32.3 Å². The maximum atomic E-state index is 12.1. The molecule has 2 heterocycles. The Balaban J connectivity index is 1.87. The van der Waals surface area contributed by atoms with Crippen molar-refractivity contribution in [3.63, 3.8) is 0 Å². The summed E-state index contributed by atoms with van der Waals surface area (Å²) in [6.07, 6.45) is -1.85. The normalized spacial score (nSPS) is 30.9. The predicted octanol–water partition coefficient (Wildman–Crippen LogP) is 1.68. The van der Waals surface area contributed by atoms with Crippen molar-refractivity contribution in [3.8, 4) is 0 Å². The van der Waals surface area contributed by atoms with Crippen LogP contribution in [0.25, 0.3) is 0 Å². The minimum absolute atomic E-state index is 0.0303. The molecule has 2 saturated heterocycles. The van der Waals surface area contributed by atoms with Gasteiger partial charge in [-0.05, 0) is 25.8 Å². The lowest BCUT2D eigenvalue weighted by Crippen LogP contribution is -2.54. The van der Waals surface area contributed by atoms with Crippen LogP contribution in [0.5, 0.6) is 0 Å². The summed E-state index contributed by atoms with van der Waals surface area (Å²) in [5.41, 5.74) is -0.249. The molecular formula is C11H17F3N2O. The number of amides is 1. The first-order chi connectivity index (χ1) is 7.89. The van der Waals surface area contributed by atoms with Crippen LogP contribution in [0.3, 0.4) is 0 Å². The minimum atomic E-state index is -4.09. The van der Waals surface area contributed by atoms with Crippen LogP contribution in [0.15, 0.2) is 0 Å². The Kier molecular flexibility index (Phi) is 3.34. The summed E-state index contributed by atoms with van der Waals surface area (Å²) >= 11 is 0. The molecule has 0 aromatic rings. The molecule has 2 rings (SSSR count). The van der Waals surface area contributed by atoms with E-state index in [0.29, 0.717) is 19.5 Å². The molecule has 0 radical (unpaired) electrons. The smallest absolute Gasteiger partial charge is 0.349 e. The molecule has 3 nitrogen and oxygen atoms in total. The van der Waals surface area contributed by atoms with Crippen LogP contribution in [0.1, 0.15) is 32.1 Å². The minimum Gasteiger partial charge on any atom is -0.349 e. The molecule has 0 aromatic carbocycles. The fourth-order valence-electron chi connectivity index (χ4n) is 2.78. The number of hydrogen-bond acceptors (Lipinski definition) is 2. The van der Waals surface area contributed by atoms with Crippen molar-refractivity contribution in [1.82, 2.24) is 10.2 Å². The van der Waals surface area contributed by atoms with Gasteiger partial charge < -0.3 is 10.2 Å². The number of carbonyl (C=O) groups is 1. The monoisotopic (exact) mass is 250 g/mol. The number of alkyl halides is 3. The first kappa shape index (κ1) is 12.7. The molecule has 0 aliphatic carbocycles. The van der Waals surface area contributed by atoms with Crippen LogP contribution < -0.4 is 5.32 Å². The summed E-state index contributed by atoms with van der Waals surface area (Å²) in [7, 11) is 0. The van der Waals surface area contributed by atoms with Gasteiger partial charge in [-0.25, -0.2) is 0 Å². The van der Waals surface area contributed by atoms with Gasteiger partial charge in [0.2, 0.25) is 5.91 Å². The van der Waals surface area contributed by atoms with E-state index in [2.05, 4.69) is 5.32 Å². The van der Waals surface area contributed by atoms with Gasteiger partial charge in [0.15, 0.2) is 0 Å². The van der Waals surface area contributed by atoms with Crippen LogP contribution >= 0.6 is 0 Å². The van der Waals surface area contributed by atoms with Gasteiger partial charge >= 0.3 is 6.18 Å². The molecule has 1 unspecified atom stereocenters. The van der Waals surface area contributed by atoms with E-state index in [1.165, 1.54) is 0 Å². The number of nitrogens with zero attached hydrogens (tertiary/aromatic N) is 1. The molecular weight excluding hydrogens is 233 g/mol. The number of hydrogen-bond donors (Lipinski definition) is 1. The average molecular weight is 250 g/mol. The second kappa shape index (κ2) is 4.48. The molecule has 1 N–H and O–H groups in total. The van der Waals surface area contributed by atoms with Gasteiger partial charge in [0.25, 0.3) is 0 Å². The largest absolute Gasteiger partial charge is 0.390 e. The fourth-order valence-corrected chi connectivity index (χ4v) is 2.78. The van der Waals surface area contributed by atoms with Gasteiger partial charge in [0, 0.05) is 19.5 Å². The summed E-state index contributed by atoms with van der Waals surface area (Å²) in [6, 6.07) is 0. The zero-order chi connectivity index (χ0) is 12.5. The second-order valence-corrected chi connectivity index (χ2v) is 5.07. The summed E-state index contributed by atoms with van der Waals surface area (Å²) in [6.45, 7) is 1.31. The number of rotatable bonds is 2. The lowest BCUT2D eigenvalue weighted by molar-refractivity contribution is -0.139. The zero-order valence-corrected chi connectivity index (χ0v) is 9.65. The number of piperidine rings is 1. The molecule has 0 bridgehead atoms. The van der Waals surface area contributed by atoms with E-state index in [-0.39, 0.29) is 18.0 Å². The Morgan fingerprint density at radius 3 is 2.71 bits per heavy atom. The molecule has 6 heteroatoms. The maximum absolute atomic E-state index is 12.1. The molecule has 0 saturated carbocycles. The van der Waals surface area contributed by atoms with Crippen LogP contribution in [0.2, 0.25) is 0 Å². The molecule has 98 valence electrons. The molecule has 1 amide bonds. The van der Waals surface area contributed by atoms with Crippen molar-refractivity contribution in [2.45, 2.75) is 43.8 Å². The van der Waals surface area contributed by atoms with E-state index in [0.717, 1.165) is 19.3 Å². The second-order valence-electron chi connectivity index (χ2n) is 5.07. The summed E-state index contributed by atoms with van der Waals surface area (Å²) in [5, 5.41) is 2.93.